The van der Waals surface area contributed by atoms with Crippen LogP contribution in [0.2, 0.25) is 0 Å². The Balaban J connectivity index is 1.44. The number of nitrogens with one attached hydrogen (secondary N) is 1. The van der Waals surface area contributed by atoms with Gasteiger partial charge in [0, 0.05) is 17.1 Å². The van der Waals surface area contributed by atoms with Crippen LogP contribution in [0.4, 0.5) is 5.82 Å². The largest absolute Gasteiger partial charge is 0.378 e. The lowest BCUT2D eigenvalue weighted by Gasteiger charge is -2.11. The van der Waals surface area contributed by atoms with E-state index in [2.05, 4.69) is 26.3 Å². The first-order chi connectivity index (χ1) is 12.2. The standard InChI is InChI=1S/C18H22BrN3O3/c19-15-4-1-3-14(11-15)12-22-17(6-8-20-22)21-18(23)7-10-24-13-16-5-2-9-25-16/h1,3-4,6,8,11,16H,2,5,7,9-10,12-13H2,(H,21,23). The van der Waals surface area contributed by atoms with Crippen LogP contribution in [0.5, 0.6) is 0 Å². The summed E-state index contributed by atoms with van der Waals surface area (Å²) in [5.74, 6) is 0.604. The third-order valence-electron chi connectivity index (χ3n) is 4.01. The molecule has 1 saturated heterocycles. The zero-order chi connectivity index (χ0) is 17.5. The van der Waals surface area contributed by atoms with Crippen molar-refractivity contribution < 1.29 is 14.3 Å². The Morgan fingerprint density at radius 3 is 3.16 bits per heavy atom. The Morgan fingerprint density at radius 1 is 1.44 bits per heavy atom. The Labute approximate surface area is 155 Å². The predicted octanol–water partition coefficient (Wildman–Crippen LogP) is 3.22. The molecule has 25 heavy (non-hydrogen) atoms. The maximum absolute atomic E-state index is 12.1. The van der Waals surface area contributed by atoms with E-state index >= 15 is 0 Å². The highest BCUT2D eigenvalue weighted by molar-refractivity contribution is 9.10. The van der Waals surface area contributed by atoms with Crippen LogP contribution in [0.1, 0.15) is 24.8 Å². The van der Waals surface area contributed by atoms with Gasteiger partial charge in [0.2, 0.25) is 5.91 Å². The third-order valence-corrected chi connectivity index (χ3v) is 4.50. The molecule has 6 nitrogen and oxygen atoms in total. The van der Waals surface area contributed by atoms with E-state index in [1.165, 1.54) is 0 Å². The molecule has 0 radical (unpaired) electrons. The fourth-order valence-corrected chi connectivity index (χ4v) is 3.18. The Hall–Kier alpha value is -1.70. The molecule has 1 N–H and O–H groups in total. The molecule has 1 amide bonds. The molecule has 1 aliphatic heterocycles. The first-order valence-electron chi connectivity index (χ1n) is 8.46. The van der Waals surface area contributed by atoms with Gasteiger partial charge in [-0.25, -0.2) is 4.68 Å². The van der Waals surface area contributed by atoms with E-state index in [9.17, 15) is 4.79 Å². The first-order valence-corrected chi connectivity index (χ1v) is 9.25. The molecule has 0 aliphatic carbocycles. The molecule has 1 fully saturated rings. The molecule has 1 aromatic carbocycles. The number of anilines is 1. The topological polar surface area (TPSA) is 65.4 Å². The molecular weight excluding hydrogens is 386 g/mol. The molecule has 7 heteroatoms. The van der Waals surface area contributed by atoms with Crippen LogP contribution in [-0.4, -0.2) is 41.6 Å². The number of benzene rings is 1. The van der Waals surface area contributed by atoms with Crippen LogP contribution in [0.15, 0.2) is 41.0 Å². The second-order valence-electron chi connectivity index (χ2n) is 6.01. The van der Waals surface area contributed by atoms with Gasteiger partial charge >= 0.3 is 0 Å². The van der Waals surface area contributed by atoms with Crippen LogP contribution in [0, 0.1) is 0 Å². The first kappa shape index (κ1) is 18.1. The van der Waals surface area contributed by atoms with Gasteiger partial charge in [-0.3, -0.25) is 4.79 Å². The van der Waals surface area contributed by atoms with Crippen molar-refractivity contribution in [2.24, 2.45) is 0 Å². The minimum atomic E-state index is -0.0802. The number of hydrogen-bond acceptors (Lipinski definition) is 4. The molecule has 1 atom stereocenters. The monoisotopic (exact) mass is 407 g/mol. The van der Waals surface area contributed by atoms with Crippen molar-refractivity contribution in [2.75, 3.05) is 25.1 Å². The van der Waals surface area contributed by atoms with Crippen molar-refractivity contribution in [3.05, 3.63) is 46.6 Å². The quantitative estimate of drug-likeness (QED) is 0.682. The van der Waals surface area contributed by atoms with Crippen molar-refractivity contribution in [2.45, 2.75) is 31.9 Å². The maximum atomic E-state index is 12.1. The second-order valence-corrected chi connectivity index (χ2v) is 6.93. The van der Waals surface area contributed by atoms with Crippen LogP contribution in [0.25, 0.3) is 0 Å². The zero-order valence-electron chi connectivity index (χ0n) is 14.0. The molecular formula is C18H22BrN3O3. The van der Waals surface area contributed by atoms with E-state index in [-0.39, 0.29) is 12.0 Å². The summed E-state index contributed by atoms with van der Waals surface area (Å²) >= 11 is 3.46. The summed E-state index contributed by atoms with van der Waals surface area (Å²) in [5, 5.41) is 7.17. The summed E-state index contributed by atoms with van der Waals surface area (Å²) in [7, 11) is 0. The summed E-state index contributed by atoms with van der Waals surface area (Å²) < 4.78 is 13.8. The van der Waals surface area contributed by atoms with E-state index in [1.54, 1.807) is 16.9 Å². The van der Waals surface area contributed by atoms with E-state index in [0.29, 0.717) is 32.0 Å². The fourth-order valence-electron chi connectivity index (χ4n) is 2.73. The molecule has 0 bridgehead atoms. The SMILES string of the molecule is O=C(CCOCC1CCCO1)Nc1ccnn1Cc1cccc(Br)c1. The number of ether oxygens (including phenoxy) is 2. The second kappa shape index (κ2) is 9.12. The molecule has 2 heterocycles. The van der Waals surface area contributed by atoms with Crippen LogP contribution in [0.3, 0.4) is 0 Å². The summed E-state index contributed by atoms with van der Waals surface area (Å²) in [6.07, 6.45) is 4.32. The number of carbonyl (C=O) groups excluding carboxylic acids is 1. The Bertz CT molecular complexity index is 698. The van der Waals surface area contributed by atoms with Crippen LogP contribution in [-0.2, 0) is 20.8 Å². The average molecular weight is 408 g/mol. The van der Waals surface area contributed by atoms with Gasteiger partial charge in [-0.2, -0.15) is 5.10 Å². The van der Waals surface area contributed by atoms with Gasteiger partial charge < -0.3 is 14.8 Å². The van der Waals surface area contributed by atoms with Crippen molar-refractivity contribution >= 4 is 27.7 Å². The van der Waals surface area contributed by atoms with Gasteiger partial charge in [-0.05, 0) is 30.5 Å². The summed E-state index contributed by atoms with van der Waals surface area (Å²) in [6.45, 7) is 2.37. The Kier molecular flexibility index (Phi) is 6.61. The molecule has 0 spiro atoms. The van der Waals surface area contributed by atoms with Crippen LogP contribution >= 0.6 is 15.9 Å². The number of hydrogen-bond donors (Lipinski definition) is 1. The number of aromatic nitrogens is 2. The van der Waals surface area contributed by atoms with Crippen molar-refractivity contribution in [1.29, 1.82) is 0 Å². The molecule has 0 saturated carbocycles. The van der Waals surface area contributed by atoms with Gasteiger partial charge in [0.1, 0.15) is 5.82 Å². The van der Waals surface area contributed by atoms with Gasteiger partial charge in [0.25, 0.3) is 0 Å². The van der Waals surface area contributed by atoms with Gasteiger partial charge in [-0.1, -0.05) is 28.1 Å². The lowest BCUT2D eigenvalue weighted by Crippen LogP contribution is -2.20. The number of rotatable bonds is 8. The number of amides is 1. The van der Waals surface area contributed by atoms with Gasteiger partial charge in [0.15, 0.2) is 0 Å². The normalized spacial score (nSPS) is 16.9. The van der Waals surface area contributed by atoms with E-state index in [0.717, 1.165) is 29.5 Å². The number of carbonyl (C=O) groups is 1. The van der Waals surface area contributed by atoms with E-state index in [4.69, 9.17) is 9.47 Å². The number of halogens is 1. The summed E-state index contributed by atoms with van der Waals surface area (Å²) in [6, 6.07) is 9.81. The number of nitrogens with zero attached hydrogens (tertiary/aromatic N) is 2. The molecule has 1 aliphatic rings. The zero-order valence-corrected chi connectivity index (χ0v) is 15.6. The van der Waals surface area contributed by atoms with Crippen LogP contribution < -0.4 is 5.32 Å². The van der Waals surface area contributed by atoms with Crippen molar-refractivity contribution in [3.63, 3.8) is 0 Å². The van der Waals surface area contributed by atoms with Gasteiger partial charge in [-0.15, -0.1) is 0 Å². The highest BCUT2D eigenvalue weighted by atomic mass is 79.9. The lowest BCUT2D eigenvalue weighted by atomic mass is 10.2. The smallest absolute Gasteiger partial charge is 0.227 e. The Morgan fingerprint density at radius 2 is 2.36 bits per heavy atom. The van der Waals surface area contributed by atoms with E-state index < -0.39 is 0 Å². The minimum absolute atomic E-state index is 0.0802. The highest BCUT2D eigenvalue weighted by Gasteiger charge is 2.15. The molecule has 2 aromatic rings. The highest BCUT2D eigenvalue weighted by Crippen LogP contribution is 2.15. The summed E-state index contributed by atoms with van der Waals surface area (Å²) in [5.41, 5.74) is 1.11. The van der Waals surface area contributed by atoms with Gasteiger partial charge in [0.05, 0.1) is 38.5 Å². The fraction of sp³-hybridized carbons (Fsp3) is 0.444. The average Bonchev–Trinajstić information content (AvgIpc) is 3.24. The summed E-state index contributed by atoms with van der Waals surface area (Å²) in [4.78, 5) is 12.1. The molecule has 1 unspecified atom stereocenters. The van der Waals surface area contributed by atoms with Crippen molar-refractivity contribution in [1.82, 2.24) is 9.78 Å². The maximum Gasteiger partial charge on any atom is 0.227 e. The molecule has 134 valence electrons. The lowest BCUT2D eigenvalue weighted by molar-refractivity contribution is -0.117. The minimum Gasteiger partial charge on any atom is -0.378 e. The third kappa shape index (κ3) is 5.66. The molecule has 1 aromatic heterocycles. The molecule has 3 rings (SSSR count). The van der Waals surface area contributed by atoms with Crippen molar-refractivity contribution in [3.8, 4) is 0 Å². The van der Waals surface area contributed by atoms with E-state index in [1.807, 2.05) is 24.3 Å². The predicted molar refractivity (Wildman–Crippen MR) is 98.5 cm³/mol.